The van der Waals surface area contributed by atoms with Crippen molar-refractivity contribution in [3.8, 4) is 5.75 Å². The van der Waals surface area contributed by atoms with Crippen LogP contribution in [0.1, 0.15) is 24.5 Å². The fourth-order valence-electron chi connectivity index (χ4n) is 1.75. The predicted octanol–water partition coefficient (Wildman–Crippen LogP) is 2.71. The Morgan fingerprint density at radius 1 is 1.29 bits per heavy atom. The highest BCUT2D eigenvalue weighted by molar-refractivity contribution is 5.60. The molecular formula is C14H24N2O. The van der Waals surface area contributed by atoms with Crippen LogP contribution < -0.4 is 15.8 Å². The molecule has 1 atom stereocenters. The minimum atomic E-state index is 0.515. The van der Waals surface area contributed by atoms with Crippen molar-refractivity contribution in [1.29, 1.82) is 0 Å². The van der Waals surface area contributed by atoms with E-state index in [4.69, 9.17) is 10.5 Å². The molecule has 0 spiro atoms. The van der Waals surface area contributed by atoms with Gasteiger partial charge in [-0.2, -0.15) is 0 Å². The number of nitrogens with two attached hydrogens (primary N) is 1. The monoisotopic (exact) mass is 236 g/mol. The van der Waals surface area contributed by atoms with Gasteiger partial charge in [0.15, 0.2) is 0 Å². The normalized spacial score (nSPS) is 12.3. The van der Waals surface area contributed by atoms with Gasteiger partial charge in [0.25, 0.3) is 0 Å². The molecule has 0 amide bonds. The number of hydrogen-bond donors (Lipinski definition) is 2. The van der Waals surface area contributed by atoms with Crippen LogP contribution in [-0.2, 0) is 0 Å². The van der Waals surface area contributed by atoms with Crippen LogP contribution in [-0.4, -0.2) is 20.2 Å². The van der Waals surface area contributed by atoms with Crippen LogP contribution in [0.3, 0.4) is 0 Å². The van der Waals surface area contributed by atoms with E-state index in [1.165, 1.54) is 11.1 Å². The van der Waals surface area contributed by atoms with Crippen molar-refractivity contribution in [2.75, 3.05) is 25.5 Å². The molecule has 1 rings (SSSR count). The van der Waals surface area contributed by atoms with Crippen LogP contribution in [0.4, 0.5) is 5.69 Å². The van der Waals surface area contributed by atoms with Gasteiger partial charge in [-0.3, -0.25) is 0 Å². The summed E-state index contributed by atoms with van der Waals surface area (Å²) in [6, 6.07) is 4.21. The molecule has 0 aliphatic carbocycles. The summed E-state index contributed by atoms with van der Waals surface area (Å²) in [5, 5.41) is 3.43. The second kappa shape index (κ2) is 6.50. The van der Waals surface area contributed by atoms with Crippen molar-refractivity contribution < 1.29 is 4.74 Å². The number of benzene rings is 1. The number of hydrogen-bond acceptors (Lipinski definition) is 3. The first-order valence-corrected chi connectivity index (χ1v) is 6.21. The molecule has 0 aromatic heterocycles. The lowest BCUT2D eigenvalue weighted by Crippen LogP contribution is -2.22. The average molecular weight is 236 g/mol. The van der Waals surface area contributed by atoms with E-state index >= 15 is 0 Å². The molecule has 3 nitrogen and oxygen atoms in total. The van der Waals surface area contributed by atoms with E-state index < -0.39 is 0 Å². The Kier molecular flexibility index (Phi) is 5.29. The Balaban J connectivity index is 2.79. The molecule has 1 unspecified atom stereocenters. The van der Waals surface area contributed by atoms with Crippen LogP contribution in [0.25, 0.3) is 0 Å². The molecule has 0 heterocycles. The lowest BCUT2D eigenvalue weighted by Gasteiger charge is -2.17. The van der Waals surface area contributed by atoms with E-state index in [0.29, 0.717) is 5.92 Å². The highest BCUT2D eigenvalue weighted by Crippen LogP contribution is 2.28. The molecule has 0 bridgehead atoms. The van der Waals surface area contributed by atoms with Crippen LogP contribution in [0.15, 0.2) is 12.1 Å². The minimum Gasteiger partial charge on any atom is -0.495 e. The summed E-state index contributed by atoms with van der Waals surface area (Å²) in [5.41, 5.74) is 9.28. The summed E-state index contributed by atoms with van der Waals surface area (Å²) in [5.74, 6) is 1.42. The first-order chi connectivity index (χ1) is 8.12. The van der Waals surface area contributed by atoms with Crippen LogP contribution in [0.5, 0.6) is 5.75 Å². The topological polar surface area (TPSA) is 47.3 Å². The molecule has 0 aliphatic rings. The summed E-state index contributed by atoms with van der Waals surface area (Å²) < 4.78 is 5.39. The van der Waals surface area contributed by atoms with Crippen molar-refractivity contribution in [3.05, 3.63) is 23.3 Å². The third-order valence-corrected chi connectivity index (χ3v) is 3.31. The van der Waals surface area contributed by atoms with Gasteiger partial charge in [-0.25, -0.2) is 0 Å². The third kappa shape index (κ3) is 3.63. The zero-order valence-electron chi connectivity index (χ0n) is 11.3. The van der Waals surface area contributed by atoms with Gasteiger partial charge in [-0.1, -0.05) is 13.3 Å². The average Bonchev–Trinajstić information content (AvgIpc) is 2.34. The number of methoxy groups -OCH3 is 1. The summed E-state index contributed by atoms with van der Waals surface area (Å²) in [6.07, 6.45) is 1.09. The number of nitrogens with one attached hydrogen (secondary N) is 1. The van der Waals surface area contributed by atoms with Gasteiger partial charge >= 0.3 is 0 Å². The van der Waals surface area contributed by atoms with Gasteiger partial charge in [0.1, 0.15) is 5.75 Å². The zero-order chi connectivity index (χ0) is 12.8. The van der Waals surface area contributed by atoms with Crippen LogP contribution >= 0.6 is 0 Å². The Hall–Kier alpha value is -1.22. The molecule has 3 heteroatoms. The summed E-state index contributed by atoms with van der Waals surface area (Å²) >= 11 is 0. The van der Waals surface area contributed by atoms with Gasteiger partial charge in [-0.05, 0) is 49.6 Å². The first-order valence-electron chi connectivity index (χ1n) is 6.21. The molecule has 0 fully saturated rings. The Morgan fingerprint density at radius 2 is 1.94 bits per heavy atom. The quantitative estimate of drug-likeness (QED) is 0.798. The lowest BCUT2D eigenvalue weighted by atomic mass is 10.1. The van der Waals surface area contributed by atoms with E-state index in [2.05, 4.69) is 38.2 Å². The molecule has 0 saturated carbocycles. The van der Waals surface area contributed by atoms with Gasteiger partial charge in [0, 0.05) is 6.54 Å². The number of aryl methyl sites for hydroxylation is 2. The molecular weight excluding hydrogens is 212 g/mol. The number of anilines is 1. The van der Waals surface area contributed by atoms with Crippen molar-refractivity contribution in [3.63, 3.8) is 0 Å². The van der Waals surface area contributed by atoms with Crippen molar-refractivity contribution in [1.82, 2.24) is 0 Å². The fraction of sp³-hybridized carbons (Fsp3) is 0.571. The summed E-state index contributed by atoms with van der Waals surface area (Å²) in [6.45, 7) is 7.98. The van der Waals surface area contributed by atoms with Crippen LogP contribution in [0, 0.1) is 19.8 Å². The highest BCUT2D eigenvalue weighted by Gasteiger charge is 2.08. The lowest BCUT2D eigenvalue weighted by molar-refractivity contribution is 0.415. The maximum absolute atomic E-state index is 5.70. The van der Waals surface area contributed by atoms with E-state index in [1.54, 1.807) is 7.11 Å². The molecule has 3 N–H and O–H groups in total. The molecule has 17 heavy (non-hydrogen) atoms. The Labute approximate surface area is 104 Å². The van der Waals surface area contributed by atoms with E-state index in [-0.39, 0.29) is 0 Å². The number of rotatable bonds is 6. The summed E-state index contributed by atoms with van der Waals surface area (Å²) in [7, 11) is 1.70. The Morgan fingerprint density at radius 3 is 2.47 bits per heavy atom. The molecule has 1 aromatic rings. The largest absolute Gasteiger partial charge is 0.495 e. The molecule has 0 radical (unpaired) electrons. The van der Waals surface area contributed by atoms with E-state index in [0.717, 1.165) is 30.9 Å². The zero-order valence-corrected chi connectivity index (χ0v) is 11.3. The standard InChI is InChI=1S/C14H24N2O/c1-5-12(8-15)9-16-13-6-10(2)11(3)7-14(13)17-4/h6-7,12,16H,5,8-9,15H2,1-4H3. The first kappa shape index (κ1) is 13.8. The Bertz CT molecular complexity index is 359. The van der Waals surface area contributed by atoms with E-state index in [9.17, 15) is 0 Å². The smallest absolute Gasteiger partial charge is 0.142 e. The molecule has 0 saturated heterocycles. The molecule has 0 aliphatic heterocycles. The highest BCUT2D eigenvalue weighted by atomic mass is 16.5. The summed E-state index contributed by atoms with van der Waals surface area (Å²) in [4.78, 5) is 0. The maximum atomic E-state index is 5.70. The van der Waals surface area contributed by atoms with Gasteiger partial charge in [-0.15, -0.1) is 0 Å². The van der Waals surface area contributed by atoms with Gasteiger partial charge < -0.3 is 15.8 Å². The third-order valence-electron chi connectivity index (χ3n) is 3.31. The number of ether oxygens (including phenoxy) is 1. The predicted molar refractivity (Wildman–Crippen MR) is 73.8 cm³/mol. The second-order valence-corrected chi connectivity index (χ2v) is 4.53. The van der Waals surface area contributed by atoms with E-state index in [1.807, 2.05) is 0 Å². The minimum absolute atomic E-state index is 0.515. The van der Waals surface area contributed by atoms with Crippen LogP contribution in [0.2, 0.25) is 0 Å². The van der Waals surface area contributed by atoms with Crippen molar-refractivity contribution in [2.45, 2.75) is 27.2 Å². The van der Waals surface area contributed by atoms with Gasteiger partial charge in [0.05, 0.1) is 12.8 Å². The second-order valence-electron chi connectivity index (χ2n) is 4.53. The van der Waals surface area contributed by atoms with Crippen molar-refractivity contribution >= 4 is 5.69 Å². The van der Waals surface area contributed by atoms with Gasteiger partial charge in [0.2, 0.25) is 0 Å². The molecule has 1 aromatic carbocycles. The van der Waals surface area contributed by atoms with Crippen molar-refractivity contribution in [2.24, 2.45) is 11.7 Å². The maximum Gasteiger partial charge on any atom is 0.142 e. The SMILES string of the molecule is CCC(CN)CNc1cc(C)c(C)cc1OC. The molecule has 96 valence electrons. The fourth-order valence-corrected chi connectivity index (χ4v) is 1.75.